The van der Waals surface area contributed by atoms with Gasteiger partial charge in [-0.25, -0.2) is 4.98 Å². The van der Waals surface area contributed by atoms with Gasteiger partial charge in [-0.15, -0.1) is 11.3 Å². The second-order valence-electron chi connectivity index (χ2n) is 7.80. The van der Waals surface area contributed by atoms with Crippen LogP contribution < -0.4 is 15.8 Å². The van der Waals surface area contributed by atoms with Crippen LogP contribution in [0.25, 0.3) is 4.96 Å². The molecule has 1 aromatic carbocycles. The van der Waals surface area contributed by atoms with Gasteiger partial charge in [-0.05, 0) is 44.0 Å². The van der Waals surface area contributed by atoms with Crippen molar-refractivity contribution in [3.63, 3.8) is 0 Å². The molecule has 0 radical (unpaired) electrons. The van der Waals surface area contributed by atoms with Crippen molar-refractivity contribution in [3.8, 4) is 0 Å². The molecule has 0 saturated carbocycles. The van der Waals surface area contributed by atoms with E-state index in [2.05, 4.69) is 10.3 Å². The van der Waals surface area contributed by atoms with Gasteiger partial charge in [-0.3, -0.25) is 18.8 Å². The lowest BCUT2D eigenvalue weighted by atomic mass is 10.1. The summed E-state index contributed by atoms with van der Waals surface area (Å²) in [5.41, 5.74) is 4.55. The lowest BCUT2D eigenvalue weighted by Crippen LogP contribution is -2.34. The van der Waals surface area contributed by atoms with Crippen molar-refractivity contribution in [3.05, 3.63) is 62.5 Å². The summed E-state index contributed by atoms with van der Waals surface area (Å²) in [6.07, 6.45) is 0.737. The predicted octanol–water partition coefficient (Wildman–Crippen LogP) is 2.39. The number of aromatic nitrogens is 2. The molecule has 0 bridgehead atoms. The summed E-state index contributed by atoms with van der Waals surface area (Å²) in [6.45, 7) is 6.63. The molecule has 0 aliphatic carbocycles. The highest BCUT2D eigenvalue weighted by Crippen LogP contribution is 2.27. The highest BCUT2D eigenvalue weighted by atomic mass is 32.1. The second kappa shape index (κ2) is 8.02. The second-order valence-corrected chi connectivity index (χ2v) is 8.63. The third-order valence-electron chi connectivity index (χ3n) is 5.58. The summed E-state index contributed by atoms with van der Waals surface area (Å²) in [6, 6.07) is 7.42. The third kappa shape index (κ3) is 3.87. The maximum Gasteiger partial charge on any atom is 0.258 e. The quantitative estimate of drug-likeness (QED) is 0.682. The van der Waals surface area contributed by atoms with E-state index in [0.717, 1.165) is 16.9 Å². The number of fused-ring (bicyclic) bond motifs is 1. The number of rotatable bonds is 5. The monoisotopic (exact) mass is 424 g/mol. The average Bonchev–Trinajstić information content (AvgIpc) is 3.28. The minimum absolute atomic E-state index is 0.0322. The van der Waals surface area contributed by atoms with Gasteiger partial charge in [-0.1, -0.05) is 6.07 Å². The molecule has 1 saturated heterocycles. The smallest absolute Gasteiger partial charge is 0.258 e. The van der Waals surface area contributed by atoms with Crippen molar-refractivity contribution in [1.82, 2.24) is 14.7 Å². The van der Waals surface area contributed by atoms with Gasteiger partial charge in [0.25, 0.3) is 5.56 Å². The molecule has 1 unspecified atom stereocenters. The van der Waals surface area contributed by atoms with Gasteiger partial charge in [0.2, 0.25) is 11.8 Å². The van der Waals surface area contributed by atoms with Crippen LogP contribution in [0, 0.1) is 26.7 Å². The number of hydrogen-bond acceptors (Lipinski definition) is 5. The summed E-state index contributed by atoms with van der Waals surface area (Å²) in [5.74, 6) is -0.531. The van der Waals surface area contributed by atoms with Crippen molar-refractivity contribution in [2.24, 2.45) is 5.92 Å². The van der Waals surface area contributed by atoms with Gasteiger partial charge in [0.05, 0.1) is 5.92 Å². The van der Waals surface area contributed by atoms with E-state index in [1.807, 2.05) is 37.4 Å². The fourth-order valence-electron chi connectivity index (χ4n) is 3.74. The van der Waals surface area contributed by atoms with Crippen LogP contribution in [0.4, 0.5) is 5.69 Å². The zero-order chi connectivity index (χ0) is 21.4. The van der Waals surface area contributed by atoms with Crippen LogP contribution in [0.1, 0.15) is 28.9 Å². The summed E-state index contributed by atoms with van der Waals surface area (Å²) in [4.78, 5) is 44.0. The fourth-order valence-corrected chi connectivity index (χ4v) is 4.72. The first-order valence-corrected chi connectivity index (χ1v) is 10.8. The number of nitrogens with zero attached hydrogens (tertiary/aromatic N) is 3. The number of anilines is 1. The van der Waals surface area contributed by atoms with Crippen molar-refractivity contribution >= 4 is 33.8 Å². The van der Waals surface area contributed by atoms with E-state index in [0.29, 0.717) is 30.2 Å². The first-order valence-electron chi connectivity index (χ1n) is 9.95. The van der Waals surface area contributed by atoms with Crippen LogP contribution >= 0.6 is 11.3 Å². The molecule has 30 heavy (non-hydrogen) atoms. The van der Waals surface area contributed by atoms with Crippen molar-refractivity contribution in [2.45, 2.75) is 33.6 Å². The summed E-state index contributed by atoms with van der Waals surface area (Å²) in [7, 11) is 0. The van der Waals surface area contributed by atoms with E-state index in [1.165, 1.54) is 23.0 Å². The Morgan fingerprint density at radius 1 is 1.20 bits per heavy atom. The molecule has 7 nitrogen and oxygen atoms in total. The Labute approximate surface area is 178 Å². The van der Waals surface area contributed by atoms with Crippen molar-refractivity contribution in [1.29, 1.82) is 0 Å². The minimum atomic E-state index is -0.370. The third-order valence-corrected chi connectivity index (χ3v) is 6.46. The maximum absolute atomic E-state index is 12.6. The Morgan fingerprint density at radius 3 is 2.77 bits per heavy atom. The van der Waals surface area contributed by atoms with Gasteiger partial charge in [0.15, 0.2) is 4.96 Å². The van der Waals surface area contributed by atoms with E-state index in [4.69, 9.17) is 0 Å². The van der Waals surface area contributed by atoms with Crippen LogP contribution in [0.2, 0.25) is 0 Å². The Morgan fingerprint density at radius 2 is 2.00 bits per heavy atom. The molecule has 3 heterocycles. The molecule has 8 heteroatoms. The number of amides is 2. The van der Waals surface area contributed by atoms with E-state index < -0.39 is 0 Å². The molecule has 4 rings (SSSR count). The van der Waals surface area contributed by atoms with E-state index in [9.17, 15) is 14.4 Å². The van der Waals surface area contributed by atoms with E-state index in [-0.39, 0.29) is 29.7 Å². The van der Waals surface area contributed by atoms with Gasteiger partial charge < -0.3 is 10.2 Å². The summed E-state index contributed by atoms with van der Waals surface area (Å²) < 4.78 is 1.59. The van der Waals surface area contributed by atoms with E-state index in [1.54, 1.807) is 16.2 Å². The number of carbonyl (C=O) groups is 2. The van der Waals surface area contributed by atoms with Crippen LogP contribution in [0.5, 0.6) is 0 Å². The molecule has 2 amide bonds. The number of thiazole rings is 1. The largest absolute Gasteiger partial charge is 0.355 e. The molecular formula is C22H24N4O3S. The fraction of sp³-hybridized carbons (Fsp3) is 0.364. The Kier molecular flexibility index (Phi) is 5.42. The number of hydrogen-bond donors (Lipinski definition) is 1. The lowest BCUT2D eigenvalue weighted by molar-refractivity contribution is -0.126. The Balaban J connectivity index is 1.37. The highest BCUT2D eigenvalue weighted by Gasteiger charge is 2.35. The zero-order valence-corrected chi connectivity index (χ0v) is 18.1. The maximum atomic E-state index is 12.6. The molecule has 1 fully saturated rings. The first kappa shape index (κ1) is 20.3. The highest BCUT2D eigenvalue weighted by molar-refractivity contribution is 7.15. The van der Waals surface area contributed by atoms with Crippen LogP contribution in [-0.2, 0) is 16.0 Å². The zero-order valence-electron chi connectivity index (χ0n) is 17.3. The molecule has 2 aromatic heterocycles. The number of benzene rings is 1. The first-order chi connectivity index (χ1) is 14.3. The van der Waals surface area contributed by atoms with Crippen molar-refractivity contribution in [2.75, 3.05) is 18.0 Å². The van der Waals surface area contributed by atoms with E-state index >= 15 is 0 Å². The predicted molar refractivity (Wildman–Crippen MR) is 117 cm³/mol. The molecule has 1 aliphatic rings. The van der Waals surface area contributed by atoms with Crippen LogP contribution in [0.3, 0.4) is 0 Å². The molecule has 1 N–H and O–H groups in total. The van der Waals surface area contributed by atoms with Gasteiger partial charge >= 0.3 is 0 Å². The molecule has 0 spiro atoms. The number of nitrogens with one attached hydrogen (secondary N) is 1. The van der Waals surface area contributed by atoms with Crippen LogP contribution in [0.15, 0.2) is 34.4 Å². The Hall–Kier alpha value is -3.00. The number of aryl methyl sites for hydroxylation is 3. The summed E-state index contributed by atoms with van der Waals surface area (Å²) in [5, 5.41) is 4.82. The molecule has 1 atom stereocenters. The standard InChI is InChI=1S/C22H24N4O3S/c1-13-4-5-17(8-14(13)2)25-11-16(10-19(25)27)21(29)23-7-6-18-12-30-22-24-15(3)9-20(28)26(18)22/h4-5,8-9,12,16H,6-7,10-11H2,1-3H3,(H,23,29). The topological polar surface area (TPSA) is 83.8 Å². The summed E-state index contributed by atoms with van der Waals surface area (Å²) >= 11 is 1.41. The average molecular weight is 425 g/mol. The molecule has 156 valence electrons. The molecule has 1 aliphatic heterocycles. The number of carbonyl (C=O) groups excluding carboxylic acids is 2. The van der Waals surface area contributed by atoms with Gasteiger partial charge in [0.1, 0.15) is 0 Å². The van der Waals surface area contributed by atoms with Crippen LogP contribution in [-0.4, -0.2) is 34.3 Å². The molecule has 3 aromatic rings. The van der Waals surface area contributed by atoms with Crippen molar-refractivity contribution < 1.29 is 9.59 Å². The van der Waals surface area contributed by atoms with Gasteiger partial charge in [-0.2, -0.15) is 0 Å². The SMILES string of the molecule is Cc1cc(=O)n2c(CCNC(=O)C3CC(=O)N(c4ccc(C)c(C)c4)C3)csc2n1. The minimum Gasteiger partial charge on any atom is -0.355 e. The lowest BCUT2D eigenvalue weighted by Gasteiger charge is -2.18. The normalized spacial score (nSPS) is 16.4. The molecular weight excluding hydrogens is 400 g/mol. The Bertz CT molecular complexity index is 1200. The van der Waals surface area contributed by atoms with Gasteiger partial charge in [0, 0.05) is 54.5 Å².